The van der Waals surface area contributed by atoms with Crippen LogP contribution in [0.3, 0.4) is 0 Å². The van der Waals surface area contributed by atoms with E-state index in [-0.39, 0.29) is 0 Å². The third-order valence-corrected chi connectivity index (χ3v) is 5.55. The molecule has 0 saturated carbocycles. The molecule has 2 aromatic rings. The first-order chi connectivity index (χ1) is 17.1. The lowest BCUT2D eigenvalue weighted by atomic mass is 9.95. The average Bonchev–Trinajstić information content (AvgIpc) is 3.28. The molecule has 0 aromatic carbocycles. The van der Waals surface area contributed by atoms with E-state index >= 15 is 0 Å². The van der Waals surface area contributed by atoms with Crippen LogP contribution in [0.5, 0.6) is 0 Å². The van der Waals surface area contributed by atoms with E-state index in [0.29, 0.717) is 11.7 Å². The number of halogens is 6. The molecule has 10 nitrogen and oxygen atoms in total. The van der Waals surface area contributed by atoms with Crippen LogP contribution < -0.4 is 5.32 Å². The van der Waals surface area contributed by atoms with Gasteiger partial charge in [-0.15, -0.1) is 0 Å². The summed E-state index contributed by atoms with van der Waals surface area (Å²) in [5.74, 6) is -3.62. The molecular formula is C21H25F6N5O5. The second kappa shape index (κ2) is 12.3. The van der Waals surface area contributed by atoms with E-state index in [1.807, 2.05) is 13.1 Å². The number of nitrogens with zero attached hydrogens (tertiary/aromatic N) is 4. The molecule has 0 amide bonds. The van der Waals surface area contributed by atoms with Gasteiger partial charge in [0.05, 0.1) is 0 Å². The maximum Gasteiger partial charge on any atom is 0.490 e. The van der Waals surface area contributed by atoms with Crippen molar-refractivity contribution in [1.29, 1.82) is 0 Å². The summed E-state index contributed by atoms with van der Waals surface area (Å²) < 4.78 is 69.1. The lowest BCUT2D eigenvalue weighted by Gasteiger charge is -2.26. The van der Waals surface area contributed by atoms with Crippen molar-refractivity contribution in [2.75, 3.05) is 26.7 Å². The Morgan fingerprint density at radius 2 is 1.62 bits per heavy atom. The first-order valence-corrected chi connectivity index (χ1v) is 10.9. The van der Waals surface area contributed by atoms with Gasteiger partial charge >= 0.3 is 24.3 Å². The normalized spacial score (nSPS) is 16.5. The highest BCUT2D eigenvalue weighted by atomic mass is 19.4. The predicted molar refractivity (Wildman–Crippen MR) is 115 cm³/mol. The van der Waals surface area contributed by atoms with E-state index < -0.39 is 24.3 Å². The molecule has 1 saturated heterocycles. The van der Waals surface area contributed by atoms with Crippen molar-refractivity contribution in [2.45, 2.75) is 51.0 Å². The number of aryl methyl sites for hydroxylation is 1. The molecule has 4 heterocycles. The van der Waals surface area contributed by atoms with E-state index in [9.17, 15) is 26.3 Å². The number of carbonyl (C=O) groups is 2. The Hall–Kier alpha value is -3.27. The third kappa shape index (κ3) is 8.66. The number of fused-ring (bicyclic) bond motifs is 1. The van der Waals surface area contributed by atoms with Crippen LogP contribution in [0.15, 0.2) is 10.7 Å². The molecule has 3 N–H and O–H groups in total. The van der Waals surface area contributed by atoms with E-state index in [1.165, 1.54) is 11.1 Å². The average molecular weight is 541 g/mol. The van der Waals surface area contributed by atoms with E-state index in [1.54, 1.807) is 0 Å². The minimum absolute atomic E-state index is 0.391. The van der Waals surface area contributed by atoms with E-state index in [2.05, 4.69) is 27.4 Å². The van der Waals surface area contributed by atoms with Gasteiger partial charge in [-0.3, -0.25) is 4.98 Å². The van der Waals surface area contributed by atoms with Crippen LogP contribution in [0.1, 0.15) is 41.5 Å². The zero-order chi connectivity index (χ0) is 28.0. The zero-order valence-electron chi connectivity index (χ0n) is 19.8. The molecule has 2 aliphatic rings. The summed E-state index contributed by atoms with van der Waals surface area (Å²) in [6.45, 7) is 6.08. The van der Waals surface area contributed by atoms with Gasteiger partial charge < -0.3 is 25.0 Å². The number of aliphatic carboxylic acids is 2. The number of hydrogen-bond donors (Lipinski definition) is 3. The lowest BCUT2D eigenvalue weighted by Crippen LogP contribution is -2.29. The van der Waals surface area contributed by atoms with Gasteiger partial charge in [-0.1, -0.05) is 5.16 Å². The van der Waals surface area contributed by atoms with E-state index in [4.69, 9.17) is 29.3 Å². The molecule has 0 aliphatic carbocycles. The Kier molecular flexibility index (Phi) is 9.97. The fourth-order valence-corrected chi connectivity index (χ4v) is 3.63. The summed E-state index contributed by atoms with van der Waals surface area (Å²) >= 11 is 0. The Labute approximate surface area is 206 Å². The van der Waals surface area contributed by atoms with Gasteiger partial charge in [0.2, 0.25) is 11.7 Å². The molecule has 0 spiro atoms. The number of carboxylic acids is 2. The minimum Gasteiger partial charge on any atom is -0.475 e. The standard InChI is InChI=1S/C17H23N5O.2C2HF3O2/c1-11-15(14-3-6-18-9-13(14)10-19-11)16-20-17(23-21-16)12-4-7-22(2)8-5-12;2*3-2(4,5)1(6)7/h10,12,18H,3-9H2,1-2H3;2*(H,6,7). The SMILES string of the molecule is Cc1ncc2c(c1-c1noc(C3CCN(C)CC3)n1)CCNC2.O=C(O)C(F)(F)F.O=C(O)C(F)(F)F. The Balaban J connectivity index is 0.000000286. The highest BCUT2D eigenvalue weighted by Crippen LogP contribution is 2.32. The highest BCUT2D eigenvalue weighted by molar-refractivity contribution is 5.73. The number of rotatable bonds is 2. The fourth-order valence-electron chi connectivity index (χ4n) is 3.63. The maximum atomic E-state index is 10.6. The number of pyridine rings is 1. The summed E-state index contributed by atoms with van der Waals surface area (Å²) in [5, 5.41) is 21.9. The molecule has 0 atom stereocenters. The van der Waals surface area contributed by atoms with Crippen molar-refractivity contribution in [1.82, 2.24) is 25.3 Å². The van der Waals surface area contributed by atoms with Crippen LogP contribution in [0.2, 0.25) is 0 Å². The maximum absolute atomic E-state index is 10.6. The van der Waals surface area contributed by atoms with Gasteiger partial charge in [0.15, 0.2) is 0 Å². The second-order valence-electron chi connectivity index (χ2n) is 8.29. The van der Waals surface area contributed by atoms with Gasteiger partial charge in [-0.25, -0.2) is 9.59 Å². The van der Waals surface area contributed by atoms with Crippen molar-refractivity contribution < 1.29 is 50.7 Å². The minimum atomic E-state index is -5.08. The summed E-state index contributed by atoms with van der Waals surface area (Å²) in [7, 11) is 2.16. The predicted octanol–water partition coefficient (Wildman–Crippen LogP) is 3.16. The van der Waals surface area contributed by atoms with Crippen LogP contribution in [-0.4, -0.2) is 81.2 Å². The fraction of sp³-hybridized carbons (Fsp3) is 0.571. The smallest absolute Gasteiger partial charge is 0.475 e. The largest absolute Gasteiger partial charge is 0.490 e. The monoisotopic (exact) mass is 541 g/mol. The molecule has 16 heteroatoms. The van der Waals surface area contributed by atoms with Gasteiger partial charge in [-0.05, 0) is 64.0 Å². The number of aromatic nitrogens is 3. The number of hydrogen-bond acceptors (Lipinski definition) is 8. The van der Waals surface area contributed by atoms with Crippen molar-refractivity contribution in [3.05, 3.63) is 28.9 Å². The Morgan fingerprint density at radius 3 is 2.14 bits per heavy atom. The van der Waals surface area contributed by atoms with Crippen molar-refractivity contribution in [2.24, 2.45) is 0 Å². The molecule has 1 fully saturated rings. The van der Waals surface area contributed by atoms with Crippen LogP contribution >= 0.6 is 0 Å². The molecule has 2 aliphatic heterocycles. The molecule has 37 heavy (non-hydrogen) atoms. The van der Waals surface area contributed by atoms with Crippen LogP contribution in [0, 0.1) is 6.92 Å². The zero-order valence-corrected chi connectivity index (χ0v) is 19.8. The molecule has 2 aromatic heterocycles. The van der Waals surface area contributed by atoms with Gasteiger partial charge in [0.1, 0.15) is 0 Å². The first kappa shape index (κ1) is 30.0. The van der Waals surface area contributed by atoms with E-state index in [0.717, 1.165) is 62.6 Å². The molecule has 0 radical (unpaired) electrons. The number of piperidine rings is 1. The third-order valence-electron chi connectivity index (χ3n) is 5.55. The molecule has 0 unspecified atom stereocenters. The van der Waals surface area contributed by atoms with Crippen molar-refractivity contribution in [3.63, 3.8) is 0 Å². The number of nitrogens with one attached hydrogen (secondary N) is 1. The van der Waals surface area contributed by atoms with Crippen molar-refractivity contribution in [3.8, 4) is 11.4 Å². The number of alkyl halides is 6. The quantitative estimate of drug-likeness (QED) is 0.486. The van der Waals surface area contributed by atoms with Crippen molar-refractivity contribution >= 4 is 11.9 Å². The summed E-state index contributed by atoms with van der Waals surface area (Å²) in [6, 6.07) is 0. The van der Waals surface area contributed by atoms with Gasteiger partial charge in [-0.2, -0.15) is 31.3 Å². The molecular weight excluding hydrogens is 516 g/mol. The lowest BCUT2D eigenvalue weighted by molar-refractivity contribution is -0.193. The summed E-state index contributed by atoms with van der Waals surface area (Å²) in [6.07, 6.45) is -5.03. The summed E-state index contributed by atoms with van der Waals surface area (Å²) in [5.41, 5.74) is 4.64. The highest BCUT2D eigenvalue weighted by Gasteiger charge is 2.38. The van der Waals surface area contributed by atoms with Crippen LogP contribution in [0.25, 0.3) is 11.4 Å². The topological polar surface area (TPSA) is 142 Å². The number of carboxylic acid groups (broad SMARTS) is 2. The summed E-state index contributed by atoms with van der Waals surface area (Å²) in [4.78, 5) is 29.4. The van der Waals surface area contributed by atoms with Crippen LogP contribution in [0.4, 0.5) is 26.3 Å². The van der Waals surface area contributed by atoms with Gasteiger partial charge in [0.25, 0.3) is 0 Å². The molecule has 4 rings (SSSR count). The first-order valence-electron chi connectivity index (χ1n) is 10.9. The van der Waals surface area contributed by atoms with Crippen LogP contribution in [-0.2, 0) is 22.6 Å². The molecule has 0 bridgehead atoms. The van der Waals surface area contributed by atoms with Gasteiger partial charge in [0, 0.05) is 29.9 Å². The number of likely N-dealkylation sites (tertiary alicyclic amines) is 1. The Bertz CT molecular complexity index is 1060. The Morgan fingerprint density at radius 1 is 1.08 bits per heavy atom. The second-order valence-corrected chi connectivity index (χ2v) is 8.29. The molecule has 206 valence electrons.